The average Bonchev–Trinajstić information content (AvgIpc) is 3.50. The zero-order valence-electron chi connectivity index (χ0n) is 23.7. The molecule has 4 rings (SSSR count). The van der Waals surface area contributed by atoms with Crippen molar-refractivity contribution in [3.8, 4) is 0 Å². The number of hydrogen-bond donors (Lipinski definition) is 3. The number of rotatable bonds is 7. The first kappa shape index (κ1) is 31.3. The summed E-state index contributed by atoms with van der Waals surface area (Å²) in [5.74, 6) is -1.14. The van der Waals surface area contributed by atoms with Crippen molar-refractivity contribution in [2.45, 2.75) is 58.5 Å². The molecule has 1 aliphatic heterocycles. The fraction of sp³-hybridized carbons (Fsp3) is 0.407. The Morgan fingerprint density at radius 1 is 1.19 bits per heavy atom. The number of nitrogens with two attached hydrogens (primary N) is 1. The van der Waals surface area contributed by atoms with Gasteiger partial charge in [-0.3, -0.25) is 19.7 Å². The summed E-state index contributed by atoms with van der Waals surface area (Å²) < 4.78 is 5.16. The predicted octanol–water partition coefficient (Wildman–Crippen LogP) is 4.81. The van der Waals surface area contributed by atoms with Crippen LogP contribution in [0.25, 0.3) is 0 Å². The van der Waals surface area contributed by atoms with E-state index >= 15 is 0 Å². The highest BCUT2D eigenvalue weighted by Crippen LogP contribution is 2.39. The summed E-state index contributed by atoms with van der Waals surface area (Å²) in [6, 6.07) is 5.86. The lowest BCUT2D eigenvalue weighted by molar-refractivity contribution is -0.151. The largest absolute Gasteiger partial charge is 0.370 e. The van der Waals surface area contributed by atoms with Crippen molar-refractivity contribution in [3.63, 3.8) is 0 Å². The number of piperazine rings is 1. The van der Waals surface area contributed by atoms with E-state index in [9.17, 15) is 19.2 Å². The monoisotopic (exact) mass is 635 g/mol. The van der Waals surface area contributed by atoms with Crippen molar-refractivity contribution >= 4 is 69.0 Å². The van der Waals surface area contributed by atoms with Crippen LogP contribution in [-0.2, 0) is 21.5 Å². The molecule has 1 atom stereocenters. The van der Waals surface area contributed by atoms with Crippen LogP contribution < -0.4 is 16.4 Å². The van der Waals surface area contributed by atoms with Crippen LogP contribution in [0.1, 0.15) is 61.1 Å². The number of thiophene rings is 1. The Balaban J connectivity index is 1.66. The van der Waals surface area contributed by atoms with Crippen LogP contribution in [0.3, 0.4) is 0 Å². The smallest absolute Gasteiger partial charge is 0.324 e. The van der Waals surface area contributed by atoms with Crippen LogP contribution >= 0.6 is 34.5 Å². The summed E-state index contributed by atoms with van der Waals surface area (Å²) in [4.78, 5) is 60.9. The van der Waals surface area contributed by atoms with Crippen molar-refractivity contribution < 1.29 is 23.7 Å². The molecular formula is C27H31Cl2N7O5S. The minimum Gasteiger partial charge on any atom is -0.370 e. The summed E-state index contributed by atoms with van der Waals surface area (Å²) in [7, 11) is 0. The first-order valence-electron chi connectivity index (χ1n) is 13.0. The van der Waals surface area contributed by atoms with E-state index in [-0.39, 0.29) is 57.2 Å². The minimum absolute atomic E-state index is 0.0156. The van der Waals surface area contributed by atoms with E-state index < -0.39 is 35.7 Å². The van der Waals surface area contributed by atoms with E-state index in [1.807, 2.05) is 20.8 Å². The van der Waals surface area contributed by atoms with E-state index in [0.29, 0.717) is 5.82 Å². The molecule has 0 spiro atoms. The van der Waals surface area contributed by atoms with Gasteiger partial charge in [0.05, 0.1) is 27.7 Å². The van der Waals surface area contributed by atoms with Gasteiger partial charge in [0, 0.05) is 18.0 Å². The molecule has 1 fully saturated rings. The number of carbonyl (C=O) groups is 4. The molecule has 1 aromatic carbocycles. The number of carbonyl (C=O) groups excluding carboxylic acids is 4. The second kappa shape index (κ2) is 11.9. The van der Waals surface area contributed by atoms with Gasteiger partial charge in [-0.05, 0) is 37.5 Å². The molecule has 5 amide bonds. The van der Waals surface area contributed by atoms with Crippen LogP contribution in [0.2, 0.25) is 10.0 Å². The van der Waals surface area contributed by atoms with Crippen molar-refractivity contribution in [1.82, 2.24) is 19.9 Å². The van der Waals surface area contributed by atoms with Crippen molar-refractivity contribution in [2.24, 2.45) is 5.73 Å². The molecule has 1 saturated heterocycles. The van der Waals surface area contributed by atoms with Gasteiger partial charge in [-0.15, -0.1) is 11.3 Å². The highest BCUT2D eigenvalue weighted by Gasteiger charge is 2.49. The number of nitrogens with zero attached hydrogens (tertiary/aromatic N) is 4. The average molecular weight is 637 g/mol. The standard InChI is InChI=1S/C27H31Cl2N7O5S/c1-14-31-20(41-34-14)13-35-9-10-36(27(5,24(35)39)12-19(30)37)23(38)15-11-18(26(2,3)4)42-22(15)33-25(40)32-17-8-6-7-16(28)21(17)29/h6-8,11H,9-10,12-13H2,1-5H3,(H2,30,37)(H2,32,33,40). The minimum atomic E-state index is -1.60. The quantitative estimate of drug-likeness (QED) is 0.335. The molecule has 3 aromatic rings. The van der Waals surface area contributed by atoms with Crippen molar-refractivity contribution in [2.75, 3.05) is 23.7 Å². The van der Waals surface area contributed by atoms with Crippen LogP contribution in [0.5, 0.6) is 0 Å². The number of primary amides is 1. The number of anilines is 2. The SMILES string of the molecule is Cc1noc(CN2CCN(C(=O)c3cc(C(C)(C)C)sc3NC(=O)Nc3cccc(Cl)c3Cl)C(C)(CC(N)=O)C2=O)n1. The van der Waals surface area contributed by atoms with Gasteiger partial charge in [-0.1, -0.05) is 55.2 Å². The maximum Gasteiger partial charge on any atom is 0.324 e. The molecule has 15 heteroatoms. The fourth-order valence-corrected chi connectivity index (χ4v) is 6.04. The Kier molecular flexibility index (Phi) is 8.86. The first-order valence-corrected chi connectivity index (χ1v) is 14.5. The molecule has 0 aliphatic carbocycles. The maximum absolute atomic E-state index is 14.2. The zero-order chi connectivity index (χ0) is 31.0. The number of hydrogen-bond acceptors (Lipinski definition) is 8. The summed E-state index contributed by atoms with van der Waals surface area (Å²) in [5, 5.41) is 9.84. The normalized spacial score (nSPS) is 17.4. The Bertz CT molecular complexity index is 1550. The summed E-state index contributed by atoms with van der Waals surface area (Å²) >= 11 is 13.5. The van der Waals surface area contributed by atoms with Gasteiger partial charge in [0.25, 0.3) is 5.91 Å². The lowest BCUT2D eigenvalue weighted by Crippen LogP contribution is -2.66. The predicted molar refractivity (Wildman–Crippen MR) is 160 cm³/mol. The van der Waals surface area contributed by atoms with Crippen LogP contribution in [0, 0.1) is 6.92 Å². The van der Waals surface area contributed by atoms with Gasteiger partial charge >= 0.3 is 6.03 Å². The molecule has 3 heterocycles. The van der Waals surface area contributed by atoms with Gasteiger partial charge < -0.3 is 25.4 Å². The van der Waals surface area contributed by atoms with Crippen molar-refractivity contribution in [3.05, 3.63) is 56.5 Å². The molecule has 224 valence electrons. The topological polar surface area (TPSA) is 164 Å². The number of amides is 5. The second-order valence-electron chi connectivity index (χ2n) is 11.1. The first-order chi connectivity index (χ1) is 19.6. The third kappa shape index (κ3) is 6.53. The molecule has 4 N–H and O–H groups in total. The molecule has 0 radical (unpaired) electrons. The summed E-state index contributed by atoms with van der Waals surface area (Å²) in [5.41, 5.74) is 4.04. The maximum atomic E-state index is 14.2. The third-order valence-corrected chi connectivity index (χ3v) is 9.02. The number of urea groups is 1. The Hall–Kier alpha value is -3.68. The van der Waals surface area contributed by atoms with Gasteiger partial charge in [0.15, 0.2) is 5.82 Å². The zero-order valence-corrected chi connectivity index (χ0v) is 26.0. The molecule has 0 bridgehead atoms. The highest BCUT2D eigenvalue weighted by molar-refractivity contribution is 7.16. The molecule has 1 aliphatic rings. The van der Waals surface area contributed by atoms with E-state index in [2.05, 4.69) is 20.8 Å². The van der Waals surface area contributed by atoms with Gasteiger partial charge in [0.2, 0.25) is 17.7 Å². The van der Waals surface area contributed by atoms with E-state index in [0.717, 1.165) is 4.88 Å². The molecule has 2 aromatic heterocycles. The Morgan fingerprint density at radius 2 is 1.90 bits per heavy atom. The van der Waals surface area contributed by atoms with Gasteiger partial charge in [-0.25, -0.2) is 4.79 Å². The second-order valence-corrected chi connectivity index (χ2v) is 13.0. The Morgan fingerprint density at radius 3 is 2.52 bits per heavy atom. The molecule has 1 unspecified atom stereocenters. The number of aryl methyl sites for hydroxylation is 1. The lowest BCUT2D eigenvalue weighted by Gasteiger charge is -2.47. The summed E-state index contributed by atoms with van der Waals surface area (Å²) in [6.07, 6.45) is -0.413. The van der Waals surface area contributed by atoms with E-state index in [4.69, 9.17) is 33.5 Å². The summed E-state index contributed by atoms with van der Waals surface area (Å²) in [6.45, 7) is 9.33. The molecule has 0 saturated carbocycles. The number of halogens is 2. The van der Waals surface area contributed by atoms with Crippen molar-refractivity contribution in [1.29, 1.82) is 0 Å². The van der Waals surface area contributed by atoms with Gasteiger partial charge in [-0.2, -0.15) is 4.98 Å². The number of aromatic nitrogens is 2. The third-order valence-electron chi connectivity index (χ3n) is 6.73. The van der Waals surface area contributed by atoms with Crippen LogP contribution in [0.15, 0.2) is 28.8 Å². The van der Waals surface area contributed by atoms with Gasteiger partial charge in [0.1, 0.15) is 17.1 Å². The van der Waals surface area contributed by atoms with Crippen LogP contribution in [0.4, 0.5) is 15.5 Å². The number of benzene rings is 1. The molecule has 42 heavy (non-hydrogen) atoms. The van der Waals surface area contributed by atoms with Crippen LogP contribution in [-0.4, -0.2) is 62.3 Å². The fourth-order valence-electron chi connectivity index (χ4n) is 4.59. The highest BCUT2D eigenvalue weighted by atomic mass is 35.5. The molecular weight excluding hydrogens is 605 g/mol. The molecule has 12 nitrogen and oxygen atoms in total. The van der Waals surface area contributed by atoms with E-state index in [1.54, 1.807) is 31.2 Å². The number of nitrogens with one attached hydrogen (secondary N) is 2. The van der Waals surface area contributed by atoms with E-state index in [1.165, 1.54) is 28.1 Å². The Labute approximate surface area is 256 Å². The lowest BCUT2D eigenvalue weighted by atomic mass is 9.89.